The Balaban J connectivity index is 1.16. The second-order valence-electron chi connectivity index (χ2n) is 9.46. The van der Waals surface area contributed by atoms with E-state index in [0.717, 1.165) is 43.5 Å². The summed E-state index contributed by atoms with van der Waals surface area (Å²) >= 11 is 0. The van der Waals surface area contributed by atoms with Gasteiger partial charge in [-0.3, -0.25) is 4.79 Å². The number of anilines is 2. The van der Waals surface area contributed by atoms with Gasteiger partial charge in [0.2, 0.25) is 5.91 Å². The summed E-state index contributed by atoms with van der Waals surface area (Å²) in [5.41, 5.74) is 1.55. The van der Waals surface area contributed by atoms with E-state index in [1.165, 1.54) is 12.1 Å². The van der Waals surface area contributed by atoms with Gasteiger partial charge in [0.1, 0.15) is 13.3 Å². The second kappa shape index (κ2) is 11.8. The Morgan fingerprint density at radius 3 is 2.30 bits per heavy atom. The maximum Gasteiger partial charge on any atom is 0.416 e. The standard InChI is InChI=1S/C27H30F4N4O2/c28-16-20-15-23(4-1-19(20)17-32)33-22-5-9-25(10-6-22)37-18-26(36)35-13-11-34(12-14-35)24-7-2-21(3-8-24)27(29,30)31/h1-4,7-8,15,22,25,33H,5-6,9-14,16,18H2. The second-order valence-corrected chi connectivity index (χ2v) is 9.46. The van der Waals surface area contributed by atoms with Crippen LogP contribution >= 0.6 is 0 Å². The van der Waals surface area contributed by atoms with Crippen molar-refractivity contribution in [1.82, 2.24) is 4.90 Å². The van der Waals surface area contributed by atoms with Gasteiger partial charge in [0, 0.05) is 49.2 Å². The molecule has 1 saturated carbocycles. The molecule has 2 aliphatic rings. The van der Waals surface area contributed by atoms with Gasteiger partial charge in [0.15, 0.2) is 0 Å². The number of amides is 1. The van der Waals surface area contributed by atoms with Crippen LogP contribution in [-0.2, 0) is 22.4 Å². The van der Waals surface area contributed by atoms with E-state index in [-0.39, 0.29) is 24.7 Å². The number of hydrogen-bond acceptors (Lipinski definition) is 5. The Labute approximate surface area is 213 Å². The van der Waals surface area contributed by atoms with Gasteiger partial charge < -0.3 is 19.9 Å². The highest BCUT2D eigenvalue weighted by atomic mass is 19.4. The van der Waals surface area contributed by atoms with Gasteiger partial charge in [-0.15, -0.1) is 0 Å². The molecule has 0 atom stereocenters. The molecular formula is C27H30F4N4O2. The number of hydrogen-bond donors (Lipinski definition) is 1. The van der Waals surface area contributed by atoms with Gasteiger partial charge in [0.05, 0.1) is 23.3 Å². The molecule has 0 spiro atoms. The first-order chi connectivity index (χ1) is 17.8. The normalized spacial score (nSPS) is 20.4. The molecular weight excluding hydrogens is 488 g/mol. The number of piperazine rings is 1. The van der Waals surface area contributed by atoms with Gasteiger partial charge in [-0.05, 0) is 68.1 Å². The molecule has 2 aromatic carbocycles. The average Bonchev–Trinajstić information content (AvgIpc) is 2.92. The number of nitrogens with zero attached hydrogens (tertiary/aromatic N) is 3. The maximum absolute atomic E-state index is 13.2. The number of ether oxygens (including phenoxy) is 1. The summed E-state index contributed by atoms with van der Waals surface area (Å²) in [4.78, 5) is 16.4. The molecule has 1 aliphatic heterocycles. The molecule has 198 valence electrons. The Morgan fingerprint density at radius 2 is 1.70 bits per heavy atom. The Morgan fingerprint density at radius 1 is 1.03 bits per heavy atom. The van der Waals surface area contributed by atoms with Crippen LogP contribution in [0.15, 0.2) is 42.5 Å². The van der Waals surface area contributed by atoms with E-state index in [9.17, 15) is 22.4 Å². The quantitative estimate of drug-likeness (QED) is 0.515. The van der Waals surface area contributed by atoms with Crippen LogP contribution in [0.5, 0.6) is 0 Å². The molecule has 1 heterocycles. The molecule has 1 amide bonds. The van der Waals surface area contributed by atoms with Crippen molar-refractivity contribution in [3.8, 4) is 6.07 Å². The van der Waals surface area contributed by atoms with E-state index in [0.29, 0.717) is 43.0 Å². The fourth-order valence-electron chi connectivity index (χ4n) is 4.87. The first-order valence-electron chi connectivity index (χ1n) is 12.4. The van der Waals surface area contributed by atoms with Crippen LogP contribution in [0.4, 0.5) is 28.9 Å². The van der Waals surface area contributed by atoms with Gasteiger partial charge in [-0.25, -0.2) is 4.39 Å². The molecule has 0 bridgehead atoms. The lowest BCUT2D eigenvalue weighted by atomic mass is 9.92. The number of nitrogens with one attached hydrogen (secondary N) is 1. The SMILES string of the molecule is N#Cc1ccc(NC2CCC(OCC(=O)N3CCN(c4ccc(C(F)(F)F)cc4)CC3)CC2)cc1CF. The monoisotopic (exact) mass is 518 g/mol. The van der Waals surface area contributed by atoms with E-state index in [1.54, 1.807) is 23.1 Å². The molecule has 0 unspecified atom stereocenters. The highest BCUT2D eigenvalue weighted by Crippen LogP contribution is 2.31. The van der Waals surface area contributed by atoms with Crippen LogP contribution in [0, 0.1) is 11.3 Å². The molecule has 1 saturated heterocycles. The highest BCUT2D eigenvalue weighted by Gasteiger charge is 2.30. The van der Waals surface area contributed by atoms with E-state index in [2.05, 4.69) is 5.32 Å². The van der Waals surface area contributed by atoms with Crippen molar-refractivity contribution in [1.29, 1.82) is 5.26 Å². The zero-order chi connectivity index (χ0) is 26.4. The summed E-state index contributed by atoms with van der Waals surface area (Å²) < 4.78 is 57.4. The van der Waals surface area contributed by atoms with Gasteiger partial charge in [-0.1, -0.05) is 0 Å². The van der Waals surface area contributed by atoms with Crippen LogP contribution in [-0.4, -0.2) is 55.7 Å². The highest BCUT2D eigenvalue weighted by molar-refractivity contribution is 5.77. The predicted octanol–water partition coefficient (Wildman–Crippen LogP) is 5.14. The molecule has 10 heteroatoms. The van der Waals surface area contributed by atoms with Crippen LogP contribution in [0.3, 0.4) is 0 Å². The molecule has 2 fully saturated rings. The van der Waals surface area contributed by atoms with Crippen molar-refractivity contribution in [3.05, 3.63) is 59.2 Å². The third kappa shape index (κ3) is 6.92. The van der Waals surface area contributed by atoms with Gasteiger partial charge >= 0.3 is 6.18 Å². The number of nitriles is 1. The van der Waals surface area contributed by atoms with Gasteiger partial charge in [0.25, 0.3) is 0 Å². The summed E-state index contributed by atoms with van der Waals surface area (Å²) in [6, 6.07) is 12.4. The molecule has 4 rings (SSSR count). The van der Waals surface area contributed by atoms with Crippen molar-refractivity contribution in [2.45, 2.75) is 50.7 Å². The zero-order valence-corrected chi connectivity index (χ0v) is 20.4. The molecule has 37 heavy (non-hydrogen) atoms. The Kier molecular flexibility index (Phi) is 8.54. The summed E-state index contributed by atoms with van der Waals surface area (Å²) in [6.07, 6.45) is -1.04. The molecule has 0 aromatic heterocycles. The minimum Gasteiger partial charge on any atom is -0.382 e. The van der Waals surface area contributed by atoms with Gasteiger partial charge in [-0.2, -0.15) is 18.4 Å². The van der Waals surface area contributed by atoms with Crippen LogP contribution in [0.1, 0.15) is 42.4 Å². The largest absolute Gasteiger partial charge is 0.416 e. The smallest absolute Gasteiger partial charge is 0.382 e. The molecule has 2 aromatic rings. The lowest BCUT2D eigenvalue weighted by Gasteiger charge is -2.36. The summed E-state index contributed by atoms with van der Waals surface area (Å²) in [5.74, 6) is -0.0800. The molecule has 0 radical (unpaired) electrons. The first kappa shape index (κ1) is 26.7. The fourth-order valence-corrected chi connectivity index (χ4v) is 4.87. The van der Waals surface area contributed by atoms with E-state index in [1.807, 2.05) is 11.0 Å². The minimum atomic E-state index is -4.36. The van der Waals surface area contributed by atoms with Crippen LogP contribution in [0.25, 0.3) is 0 Å². The fraction of sp³-hybridized carbons (Fsp3) is 0.481. The number of carbonyl (C=O) groups is 1. The topological polar surface area (TPSA) is 68.6 Å². The van der Waals surface area contributed by atoms with Crippen LogP contribution < -0.4 is 10.2 Å². The number of halogens is 4. The molecule has 1 aliphatic carbocycles. The number of carbonyl (C=O) groups excluding carboxylic acids is 1. The summed E-state index contributed by atoms with van der Waals surface area (Å²) in [6.45, 7) is 1.41. The zero-order valence-electron chi connectivity index (χ0n) is 20.4. The molecule has 6 nitrogen and oxygen atoms in total. The lowest BCUT2D eigenvalue weighted by Crippen LogP contribution is -2.50. The van der Waals surface area contributed by atoms with E-state index >= 15 is 0 Å². The number of benzene rings is 2. The average molecular weight is 519 g/mol. The maximum atomic E-state index is 13.2. The summed E-state index contributed by atoms with van der Waals surface area (Å²) in [5, 5.41) is 12.4. The van der Waals surface area contributed by atoms with Crippen molar-refractivity contribution in [3.63, 3.8) is 0 Å². The van der Waals surface area contributed by atoms with Crippen LogP contribution in [0.2, 0.25) is 0 Å². The number of alkyl halides is 4. The third-order valence-electron chi connectivity index (χ3n) is 7.05. The van der Waals surface area contributed by atoms with Crippen molar-refractivity contribution < 1.29 is 27.1 Å². The predicted molar refractivity (Wildman–Crippen MR) is 132 cm³/mol. The molecule has 1 N–H and O–H groups in total. The van der Waals surface area contributed by atoms with E-state index in [4.69, 9.17) is 10.00 Å². The lowest BCUT2D eigenvalue weighted by molar-refractivity contribution is -0.139. The van der Waals surface area contributed by atoms with Crippen molar-refractivity contribution in [2.75, 3.05) is 43.0 Å². The van der Waals surface area contributed by atoms with Crippen molar-refractivity contribution >= 4 is 17.3 Å². The minimum absolute atomic E-state index is 0.00203. The number of rotatable bonds is 7. The third-order valence-corrected chi connectivity index (χ3v) is 7.05. The van der Waals surface area contributed by atoms with E-state index < -0.39 is 18.4 Å². The first-order valence-corrected chi connectivity index (χ1v) is 12.4. The van der Waals surface area contributed by atoms with Crippen molar-refractivity contribution in [2.24, 2.45) is 0 Å². The summed E-state index contributed by atoms with van der Waals surface area (Å²) in [7, 11) is 0. The Hall–Kier alpha value is -3.32. The Bertz CT molecular complexity index is 1100.